The first-order valence-electron chi connectivity index (χ1n) is 10.3. The predicted molar refractivity (Wildman–Crippen MR) is 121 cm³/mol. The second kappa shape index (κ2) is 9.82. The molecule has 33 heavy (non-hydrogen) atoms. The lowest BCUT2D eigenvalue weighted by Crippen LogP contribution is -2.46. The summed E-state index contributed by atoms with van der Waals surface area (Å²) in [6, 6.07) is 11.7. The van der Waals surface area contributed by atoms with Crippen LogP contribution in [0.15, 0.2) is 68.1 Å². The van der Waals surface area contributed by atoms with E-state index in [9.17, 15) is 14.4 Å². The van der Waals surface area contributed by atoms with Crippen molar-refractivity contribution in [3.05, 3.63) is 81.3 Å². The zero-order valence-electron chi connectivity index (χ0n) is 18.1. The van der Waals surface area contributed by atoms with Gasteiger partial charge in [-0.05, 0) is 31.5 Å². The van der Waals surface area contributed by atoms with Crippen LogP contribution < -0.4 is 16.3 Å². The van der Waals surface area contributed by atoms with Crippen molar-refractivity contribution < 1.29 is 18.7 Å². The van der Waals surface area contributed by atoms with Crippen LogP contribution in [-0.2, 0) is 16.1 Å². The minimum atomic E-state index is -0.798. The Kier molecular flexibility index (Phi) is 6.68. The highest BCUT2D eigenvalue weighted by Crippen LogP contribution is 2.31. The molecule has 2 aromatic heterocycles. The number of urea groups is 1. The normalized spacial score (nSPS) is 15.8. The molecule has 0 aliphatic carbocycles. The minimum Gasteiger partial charge on any atom is -0.464 e. The number of H-pyrrole nitrogens is 1. The number of hydrogen-bond acceptors (Lipinski definition) is 7. The van der Waals surface area contributed by atoms with Gasteiger partial charge in [-0.1, -0.05) is 42.1 Å². The van der Waals surface area contributed by atoms with E-state index in [-0.39, 0.29) is 23.6 Å². The van der Waals surface area contributed by atoms with Gasteiger partial charge in [0, 0.05) is 11.4 Å². The molecule has 0 bridgehead atoms. The van der Waals surface area contributed by atoms with Gasteiger partial charge in [-0.3, -0.25) is 4.57 Å². The maximum atomic E-state index is 12.8. The molecule has 0 spiro atoms. The molecule has 11 heteroatoms. The van der Waals surface area contributed by atoms with Gasteiger partial charge in [0.25, 0.3) is 0 Å². The number of aromatic amines is 1. The van der Waals surface area contributed by atoms with Gasteiger partial charge in [-0.2, -0.15) is 0 Å². The van der Waals surface area contributed by atoms with E-state index in [2.05, 4.69) is 20.8 Å². The summed E-state index contributed by atoms with van der Waals surface area (Å²) in [4.78, 5) is 37.5. The first-order valence-corrected chi connectivity index (χ1v) is 11.3. The van der Waals surface area contributed by atoms with E-state index in [1.54, 1.807) is 26.0 Å². The summed E-state index contributed by atoms with van der Waals surface area (Å²) in [7, 11) is 0. The fraction of sp³-hybridized carbons (Fsp3) is 0.273. The molecule has 1 atom stereocenters. The number of nitrogens with one attached hydrogen (secondary N) is 3. The summed E-state index contributed by atoms with van der Waals surface area (Å²) in [5.41, 5.74) is 1.20. The summed E-state index contributed by atoms with van der Waals surface area (Å²) in [6.45, 7) is 4.00. The van der Waals surface area contributed by atoms with Crippen molar-refractivity contribution >= 4 is 23.8 Å². The molecule has 1 unspecified atom stereocenters. The quantitative estimate of drug-likeness (QED) is 0.341. The van der Waals surface area contributed by atoms with Gasteiger partial charge in [0.1, 0.15) is 17.6 Å². The van der Waals surface area contributed by atoms with Crippen LogP contribution in [0, 0.1) is 6.92 Å². The Morgan fingerprint density at radius 2 is 2.00 bits per heavy atom. The van der Waals surface area contributed by atoms with Crippen LogP contribution in [0.5, 0.6) is 0 Å². The van der Waals surface area contributed by atoms with Crippen LogP contribution in [0.3, 0.4) is 0 Å². The molecule has 3 heterocycles. The fourth-order valence-electron chi connectivity index (χ4n) is 3.46. The Hall–Kier alpha value is -3.73. The Morgan fingerprint density at radius 3 is 2.70 bits per heavy atom. The first kappa shape index (κ1) is 22.5. The highest BCUT2D eigenvalue weighted by Gasteiger charge is 2.35. The standard InChI is InChI=1S/C22H23N5O5S/c1-3-31-19(28)17-15(23-20(29)24-18(17)16-10-9-13(2)32-16)12-33-22-26-25-21(30)27(22)11-14-7-5-4-6-8-14/h4-10,18H,3,11-12H2,1-2H3,(H,25,30)(H2,23,24,29). The fourth-order valence-corrected chi connectivity index (χ4v) is 4.37. The Labute approximate surface area is 193 Å². The number of carbonyl (C=O) groups excluding carboxylic acids is 2. The van der Waals surface area contributed by atoms with Gasteiger partial charge >= 0.3 is 17.7 Å². The SMILES string of the molecule is CCOC(=O)C1=C(CSc2n[nH]c(=O)n2Cc2ccccc2)NC(=O)NC1c1ccc(C)o1. The molecule has 3 aromatic rings. The Balaban J connectivity index is 1.64. The van der Waals surface area contributed by atoms with Crippen LogP contribution in [0.25, 0.3) is 0 Å². The van der Waals surface area contributed by atoms with E-state index in [1.807, 2.05) is 30.3 Å². The number of ether oxygens (including phenoxy) is 1. The Bertz CT molecular complexity index is 1240. The Morgan fingerprint density at radius 1 is 1.21 bits per heavy atom. The number of esters is 1. The van der Waals surface area contributed by atoms with Crippen LogP contribution in [-0.4, -0.2) is 39.1 Å². The lowest BCUT2D eigenvalue weighted by molar-refractivity contribution is -0.139. The number of amides is 2. The molecule has 1 aliphatic rings. The van der Waals surface area contributed by atoms with E-state index in [0.717, 1.165) is 5.56 Å². The van der Waals surface area contributed by atoms with Crippen molar-refractivity contribution in [2.24, 2.45) is 0 Å². The van der Waals surface area contributed by atoms with Crippen molar-refractivity contribution in [2.45, 2.75) is 31.6 Å². The van der Waals surface area contributed by atoms with Crippen molar-refractivity contribution in [3.63, 3.8) is 0 Å². The molecular formula is C22H23N5O5S. The number of nitrogens with zero attached hydrogens (tertiary/aromatic N) is 2. The highest BCUT2D eigenvalue weighted by atomic mass is 32.2. The summed E-state index contributed by atoms with van der Waals surface area (Å²) in [6.07, 6.45) is 0. The number of aromatic nitrogens is 3. The van der Waals surface area contributed by atoms with Crippen LogP contribution in [0.4, 0.5) is 4.79 Å². The smallest absolute Gasteiger partial charge is 0.344 e. The number of furan rings is 1. The van der Waals surface area contributed by atoms with Crippen molar-refractivity contribution in [1.29, 1.82) is 0 Å². The van der Waals surface area contributed by atoms with Gasteiger partial charge < -0.3 is 19.8 Å². The topological polar surface area (TPSA) is 131 Å². The van der Waals surface area contributed by atoms with Gasteiger partial charge in [0.2, 0.25) is 0 Å². The number of benzene rings is 1. The van der Waals surface area contributed by atoms with Crippen molar-refractivity contribution in [1.82, 2.24) is 25.4 Å². The highest BCUT2D eigenvalue weighted by molar-refractivity contribution is 7.99. The van der Waals surface area contributed by atoms with E-state index in [0.29, 0.717) is 28.9 Å². The molecular weight excluding hydrogens is 446 g/mol. The second-order valence-electron chi connectivity index (χ2n) is 7.26. The number of rotatable bonds is 8. The molecule has 172 valence electrons. The number of carbonyl (C=O) groups is 2. The maximum Gasteiger partial charge on any atom is 0.344 e. The van der Waals surface area contributed by atoms with E-state index < -0.39 is 18.0 Å². The van der Waals surface area contributed by atoms with Crippen molar-refractivity contribution in [3.8, 4) is 0 Å². The predicted octanol–water partition coefficient (Wildman–Crippen LogP) is 2.48. The van der Waals surface area contributed by atoms with E-state index >= 15 is 0 Å². The third-order valence-corrected chi connectivity index (χ3v) is 5.95. The summed E-state index contributed by atoms with van der Waals surface area (Å²) in [5, 5.41) is 12.4. The molecule has 0 saturated heterocycles. The number of hydrogen-bond donors (Lipinski definition) is 3. The summed E-state index contributed by atoms with van der Waals surface area (Å²) < 4.78 is 12.4. The minimum absolute atomic E-state index is 0.177. The van der Waals surface area contributed by atoms with Crippen LogP contribution in [0.2, 0.25) is 0 Å². The van der Waals surface area contributed by atoms with Gasteiger partial charge in [-0.25, -0.2) is 19.5 Å². The summed E-state index contributed by atoms with van der Waals surface area (Å²) >= 11 is 1.22. The first-order chi connectivity index (χ1) is 16.0. The lowest BCUT2D eigenvalue weighted by atomic mass is 10.0. The largest absolute Gasteiger partial charge is 0.464 e. The average Bonchev–Trinajstić information content (AvgIpc) is 3.38. The second-order valence-corrected chi connectivity index (χ2v) is 8.21. The molecule has 2 amide bonds. The molecule has 1 aliphatic heterocycles. The average molecular weight is 470 g/mol. The maximum absolute atomic E-state index is 12.8. The van der Waals surface area contributed by atoms with Crippen LogP contribution >= 0.6 is 11.8 Å². The third kappa shape index (κ3) is 5.03. The molecule has 10 nitrogen and oxygen atoms in total. The molecule has 0 radical (unpaired) electrons. The van der Waals surface area contributed by atoms with Crippen molar-refractivity contribution in [2.75, 3.05) is 12.4 Å². The van der Waals surface area contributed by atoms with Gasteiger partial charge in [-0.15, -0.1) is 5.10 Å². The van der Waals surface area contributed by atoms with E-state index in [1.165, 1.54) is 16.3 Å². The molecule has 4 rings (SSSR count). The third-order valence-electron chi connectivity index (χ3n) is 4.95. The van der Waals surface area contributed by atoms with E-state index in [4.69, 9.17) is 9.15 Å². The number of aryl methyl sites for hydroxylation is 1. The monoisotopic (exact) mass is 469 g/mol. The summed E-state index contributed by atoms with van der Waals surface area (Å²) in [5.74, 6) is 0.687. The van der Waals surface area contributed by atoms with Gasteiger partial charge in [0.05, 0.1) is 18.7 Å². The molecule has 0 saturated carbocycles. The molecule has 1 aromatic carbocycles. The molecule has 3 N–H and O–H groups in total. The molecule has 0 fully saturated rings. The zero-order chi connectivity index (χ0) is 23.4. The zero-order valence-corrected chi connectivity index (χ0v) is 18.9. The van der Waals surface area contributed by atoms with Gasteiger partial charge in [0.15, 0.2) is 5.16 Å². The number of thioether (sulfide) groups is 1. The lowest BCUT2D eigenvalue weighted by Gasteiger charge is -2.27. The van der Waals surface area contributed by atoms with Crippen LogP contribution in [0.1, 0.15) is 30.0 Å².